The van der Waals surface area contributed by atoms with Gasteiger partial charge in [-0.25, -0.2) is 4.98 Å². The van der Waals surface area contributed by atoms with Crippen molar-refractivity contribution in [1.82, 2.24) is 19.5 Å². The summed E-state index contributed by atoms with van der Waals surface area (Å²) in [4.78, 5) is 12.6. The Labute approximate surface area is 152 Å². The summed E-state index contributed by atoms with van der Waals surface area (Å²) < 4.78 is 13.6. The molecule has 1 aliphatic rings. The first-order valence-electron chi connectivity index (χ1n) is 7.82. The van der Waals surface area contributed by atoms with Crippen LogP contribution in [0, 0.1) is 0 Å². The fourth-order valence-electron chi connectivity index (χ4n) is 2.88. The molecular weight excluding hydrogens is 390 g/mol. The molecule has 0 aliphatic carbocycles. The van der Waals surface area contributed by atoms with E-state index in [-0.39, 0.29) is 12.2 Å². The van der Waals surface area contributed by atoms with Crippen molar-refractivity contribution in [3.05, 3.63) is 29.0 Å². The fraction of sp³-hybridized carbons (Fsp3) is 0.312. The van der Waals surface area contributed by atoms with E-state index in [0.29, 0.717) is 29.3 Å². The number of imidazole rings is 1. The lowest BCUT2D eigenvalue weighted by molar-refractivity contribution is 0.0592. The number of hydrogen-bond acceptors (Lipinski definition) is 7. The average molecular weight is 406 g/mol. The molecule has 3 aromatic rings. The average Bonchev–Trinajstić information content (AvgIpc) is 3.25. The standard InChI is InChI=1S/C16H16BrN5O3/c1-24-10-5-2-4-9(12(10)17)19-14-13-15(21-16(23)20-14)22(8-18-13)11-6-3-7-25-11/h2,4-5,8,11H,3,6-7H2,1H3,(H2,19,20,21,23). The van der Waals surface area contributed by atoms with Gasteiger partial charge in [0, 0.05) is 6.61 Å². The van der Waals surface area contributed by atoms with Gasteiger partial charge in [0.05, 0.1) is 23.6 Å². The number of methoxy groups -OCH3 is 1. The smallest absolute Gasteiger partial charge is 0.318 e. The molecule has 25 heavy (non-hydrogen) atoms. The van der Waals surface area contributed by atoms with Crippen LogP contribution in [0.4, 0.5) is 11.5 Å². The summed E-state index contributed by atoms with van der Waals surface area (Å²) in [5, 5.41) is 13.1. The first kappa shape index (κ1) is 16.1. The first-order valence-corrected chi connectivity index (χ1v) is 8.61. The highest BCUT2D eigenvalue weighted by Gasteiger charge is 2.22. The Kier molecular flexibility index (Phi) is 4.18. The van der Waals surface area contributed by atoms with Gasteiger partial charge in [-0.3, -0.25) is 4.57 Å². The van der Waals surface area contributed by atoms with Gasteiger partial charge in [-0.1, -0.05) is 6.07 Å². The molecule has 0 bridgehead atoms. The molecule has 3 heterocycles. The topological polar surface area (TPSA) is 94.3 Å². The highest BCUT2D eigenvalue weighted by Crippen LogP contribution is 2.35. The number of hydrogen-bond donors (Lipinski definition) is 2. The zero-order valence-electron chi connectivity index (χ0n) is 13.4. The number of halogens is 1. The molecular formula is C16H16BrN5O3. The second kappa shape index (κ2) is 6.49. The molecule has 1 fully saturated rings. The van der Waals surface area contributed by atoms with E-state index in [1.165, 1.54) is 0 Å². The molecule has 9 heteroatoms. The third-order valence-electron chi connectivity index (χ3n) is 4.06. The molecule has 1 atom stereocenters. The Bertz CT molecular complexity index is 924. The molecule has 1 aromatic carbocycles. The number of benzene rings is 1. The van der Waals surface area contributed by atoms with Crippen molar-refractivity contribution >= 4 is 38.6 Å². The molecule has 8 nitrogen and oxygen atoms in total. The summed E-state index contributed by atoms with van der Waals surface area (Å²) in [6.45, 7) is 0.712. The molecule has 1 saturated heterocycles. The van der Waals surface area contributed by atoms with Crippen LogP contribution >= 0.6 is 15.9 Å². The summed E-state index contributed by atoms with van der Waals surface area (Å²) in [5.41, 5.74) is 1.83. The van der Waals surface area contributed by atoms with Gasteiger partial charge in [-0.2, -0.15) is 9.97 Å². The van der Waals surface area contributed by atoms with Crippen LogP contribution in [0.15, 0.2) is 29.0 Å². The molecule has 2 N–H and O–H groups in total. The Hall–Kier alpha value is -2.39. The Morgan fingerprint density at radius 3 is 3.04 bits per heavy atom. The van der Waals surface area contributed by atoms with Gasteiger partial charge >= 0.3 is 6.01 Å². The van der Waals surface area contributed by atoms with Crippen molar-refractivity contribution in [3.63, 3.8) is 0 Å². The quantitative estimate of drug-likeness (QED) is 0.686. The SMILES string of the molecule is COc1cccc(Nc2nc(O)nc3c2ncn3C2CCCO2)c1Br. The molecule has 0 amide bonds. The molecule has 0 saturated carbocycles. The molecule has 130 valence electrons. The first-order chi connectivity index (χ1) is 12.2. The normalized spacial score (nSPS) is 17.1. The fourth-order valence-corrected chi connectivity index (χ4v) is 3.40. The predicted octanol–water partition coefficient (Wildman–Crippen LogP) is 3.36. The maximum atomic E-state index is 9.96. The van der Waals surface area contributed by atoms with Crippen molar-refractivity contribution < 1.29 is 14.6 Å². The molecule has 4 rings (SSSR count). The minimum absolute atomic E-state index is 0.115. The number of rotatable bonds is 4. The predicted molar refractivity (Wildman–Crippen MR) is 95.2 cm³/mol. The van der Waals surface area contributed by atoms with Crippen LogP contribution in [0.3, 0.4) is 0 Å². The minimum Gasteiger partial charge on any atom is -0.495 e. The minimum atomic E-state index is -0.325. The Morgan fingerprint density at radius 1 is 1.40 bits per heavy atom. The summed E-state index contributed by atoms with van der Waals surface area (Å²) >= 11 is 3.50. The lowest BCUT2D eigenvalue weighted by atomic mass is 10.3. The van der Waals surface area contributed by atoms with Crippen molar-refractivity contribution in [2.45, 2.75) is 19.1 Å². The van der Waals surface area contributed by atoms with Gasteiger partial charge < -0.3 is 19.9 Å². The number of ether oxygens (including phenoxy) is 2. The zero-order chi connectivity index (χ0) is 17.4. The van der Waals surface area contributed by atoms with Crippen molar-refractivity contribution in [1.29, 1.82) is 0 Å². The van der Waals surface area contributed by atoms with Gasteiger partial charge in [-0.05, 0) is 40.9 Å². The Morgan fingerprint density at radius 2 is 2.28 bits per heavy atom. The maximum Gasteiger partial charge on any atom is 0.318 e. The second-order valence-electron chi connectivity index (χ2n) is 5.61. The number of fused-ring (bicyclic) bond motifs is 1. The second-order valence-corrected chi connectivity index (χ2v) is 6.40. The van der Waals surface area contributed by atoms with E-state index < -0.39 is 0 Å². The van der Waals surface area contributed by atoms with E-state index in [1.807, 2.05) is 22.8 Å². The van der Waals surface area contributed by atoms with E-state index in [0.717, 1.165) is 23.0 Å². The molecule has 0 radical (unpaired) electrons. The third kappa shape index (κ3) is 2.89. The van der Waals surface area contributed by atoms with Gasteiger partial charge in [0.15, 0.2) is 17.0 Å². The van der Waals surface area contributed by atoms with E-state index in [1.54, 1.807) is 13.4 Å². The lowest BCUT2D eigenvalue weighted by Crippen LogP contribution is -2.07. The Balaban J connectivity index is 1.77. The van der Waals surface area contributed by atoms with Crippen LogP contribution in [0.25, 0.3) is 11.2 Å². The van der Waals surface area contributed by atoms with Gasteiger partial charge in [-0.15, -0.1) is 0 Å². The number of nitrogens with zero attached hydrogens (tertiary/aromatic N) is 4. The number of aromatic hydroxyl groups is 1. The molecule has 1 aliphatic heterocycles. The monoisotopic (exact) mass is 405 g/mol. The van der Waals surface area contributed by atoms with E-state index in [9.17, 15) is 5.11 Å². The van der Waals surface area contributed by atoms with E-state index in [2.05, 4.69) is 36.2 Å². The highest BCUT2D eigenvalue weighted by atomic mass is 79.9. The lowest BCUT2D eigenvalue weighted by Gasteiger charge is -2.13. The van der Waals surface area contributed by atoms with Crippen molar-refractivity contribution in [2.24, 2.45) is 0 Å². The van der Waals surface area contributed by atoms with Crippen LogP contribution in [0.5, 0.6) is 11.8 Å². The van der Waals surface area contributed by atoms with Crippen LogP contribution in [-0.2, 0) is 4.74 Å². The third-order valence-corrected chi connectivity index (χ3v) is 4.88. The zero-order valence-corrected chi connectivity index (χ0v) is 15.0. The summed E-state index contributed by atoms with van der Waals surface area (Å²) in [6.07, 6.45) is 3.43. The van der Waals surface area contributed by atoms with Crippen LogP contribution in [0.1, 0.15) is 19.1 Å². The van der Waals surface area contributed by atoms with E-state index in [4.69, 9.17) is 9.47 Å². The molecule has 2 aromatic heterocycles. The summed E-state index contributed by atoms with van der Waals surface area (Å²) in [5.74, 6) is 1.10. The van der Waals surface area contributed by atoms with Crippen molar-refractivity contribution in [3.8, 4) is 11.8 Å². The maximum absolute atomic E-state index is 9.96. The highest BCUT2D eigenvalue weighted by molar-refractivity contribution is 9.10. The number of anilines is 2. The molecule has 1 unspecified atom stereocenters. The van der Waals surface area contributed by atoms with Gasteiger partial charge in [0.25, 0.3) is 0 Å². The number of aromatic nitrogens is 4. The number of nitrogens with one attached hydrogen (secondary N) is 1. The summed E-state index contributed by atoms with van der Waals surface area (Å²) in [7, 11) is 1.60. The molecule has 0 spiro atoms. The van der Waals surface area contributed by atoms with Gasteiger partial charge in [0.2, 0.25) is 0 Å². The largest absolute Gasteiger partial charge is 0.495 e. The summed E-state index contributed by atoms with van der Waals surface area (Å²) in [6, 6.07) is 5.24. The van der Waals surface area contributed by atoms with E-state index >= 15 is 0 Å². The van der Waals surface area contributed by atoms with Crippen LogP contribution in [0.2, 0.25) is 0 Å². The van der Waals surface area contributed by atoms with Crippen LogP contribution < -0.4 is 10.1 Å². The van der Waals surface area contributed by atoms with Gasteiger partial charge in [0.1, 0.15) is 12.0 Å². The van der Waals surface area contributed by atoms with Crippen LogP contribution in [-0.4, -0.2) is 38.3 Å². The van der Waals surface area contributed by atoms with Crippen molar-refractivity contribution in [2.75, 3.05) is 19.0 Å².